The predicted molar refractivity (Wildman–Crippen MR) is 74.9 cm³/mol. The summed E-state index contributed by atoms with van der Waals surface area (Å²) in [6.45, 7) is 2.78. The smallest absolute Gasteiger partial charge is 0.420 e. The molecule has 0 bridgehead atoms. The van der Waals surface area contributed by atoms with Gasteiger partial charge >= 0.3 is 11.7 Å². The van der Waals surface area contributed by atoms with Crippen LogP contribution in [0.3, 0.4) is 0 Å². The number of benzene rings is 1. The number of para-hydroxylation sites is 2. The first-order valence-electron chi connectivity index (χ1n) is 6.40. The average Bonchev–Trinajstić information content (AvgIpc) is 2.73. The van der Waals surface area contributed by atoms with Crippen LogP contribution in [-0.4, -0.2) is 28.1 Å². The number of fused-ring (bicyclic) bond motifs is 1. The van der Waals surface area contributed by atoms with E-state index in [-0.39, 0.29) is 13.1 Å². The Balaban J connectivity index is 2.11. The molecule has 1 amide bonds. The van der Waals surface area contributed by atoms with Gasteiger partial charge in [0.05, 0.1) is 10.9 Å². The molecule has 7 nitrogen and oxygen atoms in total. The standard InChI is InChI=1S/C14H16N2O5/c1-14(2,12(18)19)8-15-11(17)7-16-9-5-3-4-6-10(9)21-13(16)20/h3-6H,7-8H2,1-2H3,(H,15,17)(H,18,19). The van der Waals surface area contributed by atoms with Crippen LogP contribution in [0.5, 0.6) is 0 Å². The second kappa shape index (κ2) is 5.43. The quantitative estimate of drug-likeness (QED) is 0.849. The van der Waals surface area contributed by atoms with E-state index in [2.05, 4.69) is 5.32 Å². The summed E-state index contributed by atoms with van der Waals surface area (Å²) in [5, 5.41) is 11.5. The summed E-state index contributed by atoms with van der Waals surface area (Å²) in [7, 11) is 0. The fraction of sp³-hybridized carbons (Fsp3) is 0.357. The number of carboxylic acid groups (broad SMARTS) is 1. The van der Waals surface area contributed by atoms with Crippen molar-refractivity contribution in [2.75, 3.05) is 6.54 Å². The van der Waals surface area contributed by atoms with Crippen molar-refractivity contribution in [2.45, 2.75) is 20.4 Å². The third-order valence-corrected chi connectivity index (χ3v) is 3.18. The van der Waals surface area contributed by atoms with Gasteiger partial charge in [0.1, 0.15) is 6.54 Å². The number of amides is 1. The van der Waals surface area contributed by atoms with Crippen molar-refractivity contribution in [3.63, 3.8) is 0 Å². The minimum atomic E-state index is -1.07. The van der Waals surface area contributed by atoms with Gasteiger partial charge in [-0.1, -0.05) is 12.1 Å². The minimum absolute atomic E-state index is 0.0221. The molecule has 0 aliphatic heterocycles. The summed E-state index contributed by atoms with van der Waals surface area (Å²) in [5.41, 5.74) is -0.143. The van der Waals surface area contributed by atoms with E-state index in [1.165, 1.54) is 18.4 Å². The van der Waals surface area contributed by atoms with Crippen LogP contribution in [-0.2, 0) is 16.1 Å². The Kier molecular flexibility index (Phi) is 3.84. The van der Waals surface area contributed by atoms with E-state index >= 15 is 0 Å². The fourth-order valence-electron chi connectivity index (χ4n) is 1.76. The van der Waals surface area contributed by atoms with Gasteiger partial charge in [-0.25, -0.2) is 4.79 Å². The van der Waals surface area contributed by atoms with Crippen molar-refractivity contribution in [1.82, 2.24) is 9.88 Å². The van der Waals surface area contributed by atoms with Gasteiger partial charge < -0.3 is 14.8 Å². The van der Waals surface area contributed by atoms with E-state index in [0.29, 0.717) is 11.1 Å². The summed E-state index contributed by atoms with van der Waals surface area (Å²) in [5.74, 6) is -2.07. The molecular formula is C14H16N2O5. The topological polar surface area (TPSA) is 102 Å². The van der Waals surface area contributed by atoms with Crippen molar-refractivity contribution in [1.29, 1.82) is 0 Å². The van der Waals surface area contributed by atoms with E-state index in [9.17, 15) is 14.4 Å². The highest BCUT2D eigenvalue weighted by Gasteiger charge is 2.27. The number of carboxylic acids is 1. The molecule has 0 atom stereocenters. The van der Waals surface area contributed by atoms with Gasteiger partial charge in [0.2, 0.25) is 5.91 Å². The number of nitrogens with one attached hydrogen (secondary N) is 1. The molecule has 0 aliphatic carbocycles. The Bertz CT molecular complexity index is 741. The molecule has 0 saturated carbocycles. The van der Waals surface area contributed by atoms with Crippen molar-refractivity contribution >= 4 is 23.0 Å². The molecule has 0 fully saturated rings. The lowest BCUT2D eigenvalue weighted by Crippen LogP contribution is -2.40. The average molecular weight is 292 g/mol. The van der Waals surface area contributed by atoms with Gasteiger partial charge in [-0.2, -0.15) is 0 Å². The molecular weight excluding hydrogens is 276 g/mol. The van der Waals surface area contributed by atoms with E-state index in [1.807, 2.05) is 0 Å². The number of aromatic nitrogens is 1. The molecule has 1 heterocycles. The van der Waals surface area contributed by atoms with Gasteiger partial charge in [-0.15, -0.1) is 0 Å². The molecule has 21 heavy (non-hydrogen) atoms. The van der Waals surface area contributed by atoms with Crippen LogP contribution in [0.1, 0.15) is 13.8 Å². The lowest BCUT2D eigenvalue weighted by atomic mass is 9.94. The maximum absolute atomic E-state index is 11.9. The predicted octanol–water partition coefficient (Wildman–Crippen LogP) is 0.821. The maximum atomic E-state index is 11.9. The number of hydrogen-bond acceptors (Lipinski definition) is 4. The van der Waals surface area contributed by atoms with Gasteiger partial charge in [-0.05, 0) is 26.0 Å². The number of aliphatic carboxylic acids is 1. The summed E-state index contributed by atoms with van der Waals surface area (Å²) in [4.78, 5) is 34.5. The molecule has 112 valence electrons. The molecule has 1 aromatic carbocycles. The van der Waals surface area contributed by atoms with E-state index in [1.54, 1.807) is 24.3 Å². The molecule has 1 aromatic heterocycles. The third-order valence-electron chi connectivity index (χ3n) is 3.18. The Morgan fingerprint density at radius 2 is 2.00 bits per heavy atom. The molecule has 0 unspecified atom stereocenters. The molecule has 0 saturated heterocycles. The zero-order valence-electron chi connectivity index (χ0n) is 11.8. The first kappa shape index (κ1) is 14.8. The second-order valence-electron chi connectivity index (χ2n) is 5.39. The minimum Gasteiger partial charge on any atom is -0.481 e. The van der Waals surface area contributed by atoms with E-state index in [0.717, 1.165) is 0 Å². The third kappa shape index (κ3) is 3.13. The van der Waals surface area contributed by atoms with Crippen molar-refractivity contribution in [3.05, 3.63) is 34.8 Å². The number of nitrogens with zero attached hydrogens (tertiary/aromatic N) is 1. The Morgan fingerprint density at radius 1 is 1.33 bits per heavy atom. The van der Waals surface area contributed by atoms with Crippen LogP contribution in [0.15, 0.2) is 33.5 Å². The summed E-state index contributed by atoms with van der Waals surface area (Å²) in [6, 6.07) is 6.78. The first-order valence-corrected chi connectivity index (χ1v) is 6.40. The molecule has 0 radical (unpaired) electrons. The zero-order chi connectivity index (χ0) is 15.6. The highest BCUT2D eigenvalue weighted by atomic mass is 16.4. The highest BCUT2D eigenvalue weighted by molar-refractivity contribution is 5.80. The molecule has 2 N–H and O–H groups in total. The van der Waals surface area contributed by atoms with Crippen LogP contribution >= 0.6 is 0 Å². The molecule has 7 heteroatoms. The van der Waals surface area contributed by atoms with Gasteiger partial charge in [-0.3, -0.25) is 14.2 Å². The Labute approximate surface area is 120 Å². The van der Waals surface area contributed by atoms with Crippen LogP contribution in [0.4, 0.5) is 0 Å². The van der Waals surface area contributed by atoms with Gasteiger partial charge in [0.15, 0.2) is 5.58 Å². The number of carbonyl (C=O) groups excluding carboxylic acids is 1. The van der Waals surface area contributed by atoms with Crippen molar-refractivity contribution in [2.24, 2.45) is 5.41 Å². The van der Waals surface area contributed by atoms with E-state index < -0.39 is 23.0 Å². The number of hydrogen-bond donors (Lipinski definition) is 2. The van der Waals surface area contributed by atoms with Gasteiger partial charge in [0, 0.05) is 6.54 Å². The summed E-state index contributed by atoms with van der Waals surface area (Å²) in [6.07, 6.45) is 0. The summed E-state index contributed by atoms with van der Waals surface area (Å²) >= 11 is 0. The summed E-state index contributed by atoms with van der Waals surface area (Å²) < 4.78 is 6.22. The molecule has 0 aliphatic rings. The zero-order valence-corrected chi connectivity index (χ0v) is 11.8. The lowest BCUT2D eigenvalue weighted by molar-refractivity contribution is -0.146. The van der Waals surface area contributed by atoms with Gasteiger partial charge in [0.25, 0.3) is 0 Å². The Hall–Kier alpha value is -2.57. The highest BCUT2D eigenvalue weighted by Crippen LogP contribution is 2.14. The first-order chi connectivity index (χ1) is 9.81. The largest absolute Gasteiger partial charge is 0.481 e. The monoisotopic (exact) mass is 292 g/mol. The van der Waals surface area contributed by atoms with Crippen molar-refractivity contribution < 1.29 is 19.1 Å². The molecule has 0 spiro atoms. The van der Waals surface area contributed by atoms with Crippen LogP contribution < -0.4 is 11.1 Å². The SMILES string of the molecule is CC(C)(CNC(=O)Cn1c(=O)oc2ccccc21)C(=O)O. The lowest BCUT2D eigenvalue weighted by Gasteiger charge is -2.19. The number of rotatable bonds is 5. The normalized spacial score (nSPS) is 11.5. The molecule has 2 rings (SSSR count). The maximum Gasteiger partial charge on any atom is 0.420 e. The van der Waals surface area contributed by atoms with Crippen LogP contribution in [0.2, 0.25) is 0 Å². The van der Waals surface area contributed by atoms with Crippen LogP contribution in [0, 0.1) is 5.41 Å². The Morgan fingerprint density at radius 3 is 2.67 bits per heavy atom. The van der Waals surface area contributed by atoms with E-state index in [4.69, 9.17) is 9.52 Å². The molecule has 2 aromatic rings. The second-order valence-corrected chi connectivity index (χ2v) is 5.39. The van der Waals surface area contributed by atoms with Crippen molar-refractivity contribution in [3.8, 4) is 0 Å². The fourth-order valence-corrected chi connectivity index (χ4v) is 1.76. The number of carbonyl (C=O) groups is 2. The van der Waals surface area contributed by atoms with Crippen LogP contribution in [0.25, 0.3) is 11.1 Å². The number of oxazole rings is 1.